The van der Waals surface area contributed by atoms with E-state index < -0.39 is 13.9 Å². The summed E-state index contributed by atoms with van der Waals surface area (Å²) in [5.74, 6) is -0.425. The van der Waals surface area contributed by atoms with Crippen LogP contribution in [0.3, 0.4) is 0 Å². The lowest BCUT2D eigenvalue weighted by Crippen LogP contribution is -2.46. The third-order valence-corrected chi connectivity index (χ3v) is 12.1. The fraction of sp³-hybridized carbons (Fsp3) is 0.353. The monoisotopic (exact) mass is 638 g/mol. The highest BCUT2D eigenvalue weighted by atomic mass is 28.4. The molecule has 0 aliphatic carbocycles. The minimum Gasteiger partial charge on any atom is -0.432 e. The number of benzene rings is 3. The SMILES string of the molecule is C[C@@H]1[C@@H]([Si](C)(C)O)[C@H](CCn2cc(CCO)nn2)O[C@@]12C(=O)N(Cc1cccc(-n3[nH]c4ccccc4c3=O)c1)c1ccccc12. The van der Waals surface area contributed by atoms with Crippen LogP contribution in [0, 0.1) is 5.92 Å². The standard InChI is InChI=1S/C34H38N6O5Si/c1-22-31(46(2,3)44)30(15-17-38-21-24(16-18-41)35-37-38)45-34(22)27-12-5-7-14-29(27)39(33(34)43)20-23-9-8-10-25(19-23)40-32(42)26-11-4-6-13-28(26)36-40/h4-14,19,21-22,30-31,36,41,44H,15-18,20H2,1-3H3/t22-,30+,31-,34+/m1/s1. The highest BCUT2D eigenvalue weighted by Gasteiger charge is 2.66. The van der Waals surface area contributed by atoms with E-state index in [4.69, 9.17) is 4.74 Å². The van der Waals surface area contributed by atoms with Crippen molar-refractivity contribution in [3.8, 4) is 5.69 Å². The molecule has 2 aliphatic rings. The second kappa shape index (κ2) is 11.5. The van der Waals surface area contributed by atoms with Crippen LogP contribution in [-0.2, 0) is 34.6 Å². The molecule has 5 aromatic rings. The van der Waals surface area contributed by atoms with Gasteiger partial charge >= 0.3 is 0 Å². The summed E-state index contributed by atoms with van der Waals surface area (Å²) in [6.45, 7) is 6.66. The molecule has 7 rings (SSSR count). The fourth-order valence-corrected chi connectivity index (χ4v) is 10.2. The summed E-state index contributed by atoms with van der Waals surface area (Å²) >= 11 is 0. The Bertz CT molecular complexity index is 1980. The van der Waals surface area contributed by atoms with Gasteiger partial charge in [0.15, 0.2) is 13.9 Å². The molecular weight excluding hydrogens is 600 g/mol. The molecule has 1 amide bonds. The van der Waals surface area contributed by atoms with E-state index in [0.29, 0.717) is 42.7 Å². The number of carbonyl (C=O) groups is 1. The maximum Gasteiger partial charge on any atom is 0.279 e. The summed E-state index contributed by atoms with van der Waals surface area (Å²) in [6.07, 6.45) is 2.42. The number of fused-ring (bicyclic) bond motifs is 3. The zero-order valence-electron chi connectivity index (χ0n) is 26.1. The third-order valence-electron chi connectivity index (χ3n) is 9.59. The second-order valence-corrected chi connectivity index (χ2v) is 16.9. The number of hydrogen-bond donors (Lipinski definition) is 3. The van der Waals surface area contributed by atoms with Crippen molar-refractivity contribution in [1.82, 2.24) is 24.8 Å². The lowest BCUT2D eigenvalue weighted by molar-refractivity contribution is -0.146. The number of nitrogens with one attached hydrogen (secondary N) is 1. The lowest BCUT2D eigenvalue weighted by Gasteiger charge is -2.32. The summed E-state index contributed by atoms with van der Waals surface area (Å²) in [6, 6.07) is 22.8. The molecule has 3 N–H and O–H groups in total. The molecule has 4 atom stereocenters. The summed E-state index contributed by atoms with van der Waals surface area (Å²) in [5.41, 5.74) is 3.03. The van der Waals surface area contributed by atoms with Crippen molar-refractivity contribution in [1.29, 1.82) is 0 Å². The van der Waals surface area contributed by atoms with Crippen LogP contribution < -0.4 is 10.5 Å². The molecule has 4 heterocycles. The van der Waals surface area contributed by atoms with E-state index in [9.17, 15) is 19.5 Å². The third kappa shape index (κ3) is 4.92. The number of aryl methyl sites for hydroxylation is 1. The minimum atomic E-state index is -2.81. The lowest BCUT2D eigenvalue weighted by atomic mass is 9.82. The smallest absolute Gasteiger partial charge is 0.279 e. The number of para-hydroxylation sites is 2. The van der Waals surface area contributed by atoms with E-state index in [2.05, 4.69) is 15.4 Å². The van der Waals surface area contributed by atoms with Crippen molar-refractivity contribution in [2.24, 2.45) is 5.92 Å². The maximum absolute atomic E-state index is 14.7. The first-order chi connectivity index (χ1) is 22.1. The molecule has 2 aromatic heterocycles. The number of ether oxygens (including phenoxy) is 1. The van der Waals surface area contributed by atoms with E-state index in [1.165, 1.54) is 4.68 Å². The number of aliphatic hydroxyl groups excluding tert-OH is 1. The van der Waals surface area contributed by atoms with Gasteiger partial charge in [0.05, 0.1) is 40.6 Å². The molecule has 0 unspecified atom stereocenters. The van der Waals surface area contributed by atoms with Gasteiger partial charge in [0.1, 0.15) is 0 Å². The topological polar surface area (TPSA) is 138 Å². The average Bonchev–Trinajstić information content (AvgIpc) is 3.77. The van der Waals surface area contributed by atoms with Crippen molar-refractivity contribution in [3.63, 3.8) is 0 Å². The van der Waals surface area contributed by atoms with E-state index in [1.807, 2.05) is 92.9 Å². The highest BCUT2D eigenvalue weighted by molar-refractivity contribution is 6.71. The van der Waals surface area contributed by atoms with Crippen LogP contribution in [0.5, 0.6) is 0 Å². The van der Waals surface area contributed by atoms with E-state index in [0.717, 1.165) is 22.3 Å². The molecule has 0 radical (unpaired) electrons. The maximum atomic E-state index is 14.7. The number of anilines is 1. The number of aromatic amines is 1. The number of rotatable bonds is 9. The minimum absolute atomic E-state index is 0.000682. The quantitative estimate of drug-likeness (QED) is 0.208. The number of nitrogens with zero attached hydrogens (tertiary/aromatic N) is 5. The van der Waals surface area contributed by atoms with Gasteiger partial charge in [-0.25, -0.2) is 4.68 Å². The van der Waals surface area contributed by atoms with Crippen molar-refractivity contribution in [2.45, 2.75) is 63.2 Å². The number of H-pyrrole nitrogens is 1. The molecule has 1 spiro atoms. The Balaban J connectivity index is 1.21. The van der Waals surface area contributed by atoms with Crippen LogP contribution >= 0.6 is 0 Å². The molecule has 1 saturated heterocycles. The Morgan fingerprint density at radius 2 is 1.83 bits per heavy atom. The molecule has 1 fully saturated rings. The van der Waals surface area contributed by atoms with Crippen LogP contribution in [-0.4, -0.2) is 61.6 Å². The number of hydrogen-bond acceptors (Lipinski definition) is 7. The second-order valence-electron chi connectivity index (χ2n) is 13.0. The molecule has 0 bridgehead atoms. The molecule has 238 valence electrons. The molecule has 0 saturated carbocycles. The first kappa shape index (κ1) is 30.3. The zero-order valence-corrected chi connectivity index (χ0v) is 27.1. The molecule has 2 aliphatic heterocycles. The summed E-state index contributed by atoms with van der Waals surface area (Å²) in [4.78, 5) is 41.2. The molecule has 3 aromatic carbocycles. The van der Waals surface area contributed by atoms with Crippen LogP contribution in [0.1, 0.15) is 30.2 Å². The van der Waals surface area contributed by atoms with Crippen molar-refractivity contribution in [3.05, 3.63) is 106 Å². The Hall–Kier alpha value is -4.36. The van der Waals surface area contributed by atoms with Gasteiger partial charge in [-0.1, -0.05) is 54.6 Å². The summed E-state index contributed by atoms with van der Waals surface area (Å²) in [5, 5.41) is 21.4. The largest absolute Gasteiger partial charge is 0.432 e. The Kier molecular flexibility index (Phi) is 7.55. The van der Waals surface area contributed by atoms with Gasteiger partial charge in [-0.2, -0.15) is 0 Å². The normalized spacial score (nSPS) is 22.8. The predicted molar refractivity (Wildman–Crippen MR) is 176 cm³/mol. The molecule has 12 heteroatoms. The number of carbonyl (C=O) groups excluding carboxylic acids is 1. The molecule has 46 heavy (non-hydrogen) atoms. The van der Waals surface area contributed by atoms with E-state index in [-0.39, 0.29) is 35.6 Å². The van der Waals surface area contributed by atoms with Crippen LogP contribution in [0.25, 0.3) is 16.6 Å². The van der Waals surface area contributed by atoms with Gasteiger partial charge in [0.2, 0.25) is 0 Å². The van der Waals surface area contributed by atoms with Gasteiger partial charge in [-0.3, -0.25) is 19.4 Å². The number of aromatic nitrogens is 5. The van der Waals surface area contributed by atoms with E-state index in [1.54, 1.807) is 15.6 Å². The Morgan fingerprint density at radius 1 is 1.04 bits per heavy atom. The fourth-order valence-electron chi connectivity index (χ4n) is 7.61. The first-order valence-electron chi connectivity index (χ1n) is 15.7. The van der Waals surface area contributed by atoms with Gasteiger partial charge in [0, 0.05) is 42.8 Å². The van der Waals surface area contributed by atoms with Gasteiger partial charge in [0.25, 0.3) is 11.5 Å². The first-order valence-corrected chi connectivity index (χ1v) is 18.7. The van der Waals surface area contributed by atoms with Gasteiger partial charge in [-0.05, 0) is 55.4 Å². The average molecular weight is 639 g/mol. The summed E-state index contributed by atoms with van der Waals surface area (Å²) < 4.78 is 10.2. The highest BCUT2D eigenvalue weighted by Crippen LogP contribution is 2.59. The van der Waals surface area contributed by atoms with Crippen LogP contribution in [0.4, 0.5) is 5.69 Å². The van der Waals surface area contributed by atoms with Gasteiger partial charge < -0.3 is 19.5 Å². The van der Waals surface area contributed by atoms with E-state index >= 15 is 0 Å². The number of amides is 1. The van der Waals surface area contributed by atoms with Crippen molar-refractivity contribution in [2.75, 3.05) is 11.5 Å². The van der Waals surface area contributed by atoms with Crippen molar-refractivity contribution >= 4 is 30.8 Å². The van der Waals surface area contributed by atoms with Crippen LogP contribution in [0.2, 0.25) is 18.6 Å². The molecular formula is C34H38N6O5Si. The Morgan fingerprint density at radius 3 is 2.61 bits per heavy atom. The van der Waals surface area contributed by atoms with Crippen LogP contribution in [0.15, 0.2) is 83.8 Å². The predicted octanol–water partition coefficient (Wildman–Crippen LogP) is 3.88. The van der Waals surface area contributed by atoms with Gasteiger partial charge in [-0.15, -0.1) is 5.10 Å². The zero-order chi connectivity index (χ0) is 32.2. The summed E-state index contributed by atoms with van der Waals surface area (Å²) in [7, 11) is -2.81. The molecule has 11 nitrogen and oxygen atoms in total. The van der Waals surface area contributed by atoms with Crippen molar-refractivity contribution < 1.29 is 19.4 Å². The Labute approximate surface area is 267 Å². The number of aliphatic hydroxyl groups is 1.